The van der Waals surface area contributed by atoms with Crippen molar-refractivity contribution in [2.24, 2.45) is 5.92 Å². The zero-order valence-electron chi connectivity index (χ0n) is 12.9. The molecule has 0 saturated carbocycles. The standard InChI is InChI=1S/C18H25NO/c1-5-6-13(2)18(19-3)16-8-7-15-12-17(20-4)10-9-14(15)11-16/h7-13,18-19H,5-6H2,1-4H3. The van der Waals surface area contributed by atoms with Gasteiger partial charge in [-0.2, -0.15) is 0 Å². The van der Waals surface area contributed by atoms with Crippen molar-refractivity contribution in [3.8, 4) is 5.75 Å². The SMILES string of the molecule is CCCC(C)C(NC)c1ccc2cc(OC)ccc2c1. The van der Waals surface area contributed by atoms with Crippen molar-refractivity contribution in [1.82, 2.24) is 5.32 Å². The summed E-state index contributed by atoms with van der Waals surface area (Å²) in [6.45, 7) is 4.57. The lowest BCUT2D eigenvalue weighted by atomic mass is 9.90. The molecule has 0 radical (unpaired) electrons. The summed E-state index contributed by atoms with van der Waals surface area (Å²) in [5, 5.41) is 5.96. The average molecular weight is 271 g/mol. The number of rotatable bonds is 6. The maximum absolute atomic E-state index is 5.28. The molecule has 0 aromatic heterocycles. The summed E-state index contributed by atoms with van der Waals surface area (Å²) in [6.07, 6.45) is 2.47. The summed E-state index contributed by atoms with van der Waals surface area (Å²) in [7, 11) is 3.76. The average Bonchev–Trinajstić information content (AvgIpc) is 2.47. The van der Waals surface area contributed by atoms with Crippen LogP contribution in [0.25, 0.3) is 10.8 Å². The van der Waals surface area contributed by atoms with E-state index in [-0.39, 0.29) is 0 Å². The van der Waals surface area contributed by atoms with Gasteiger partial charge in [0.15, 0.2) is 0 Å². The second-order valence-electron chi connectivity index (χ2n) is 5.50. The monoisotopic (exact) mass is 271 g/mol. The van der Waals surface area contributed by atoms with Crippen molar-refractivity contribution in [2.75, 3.05) is 14.2 Å². The van der Waals surface area contributed by atoms with Crippen molar-refractivity contribution in [3.63, 3.8) is 0 Å². The van der Waals surface area contributed by atoms with E-state index in [4.69, 9.17) is 4.74 Å². The van der Waals surface area contributed by atoms with Crippen molar-refractivity contribution in [3.05, 3.63) is 42.0 Å². The Kier molecular flexibility index (Phi) is 5.02. The minimum absolute atomic E-state index is 0.418. The minimum atomic E-state index is 0.418. The van der Waals surface area contributed by atoms with Gasteiger partial charge in [0.05, 0.1) is 7.11 Å². The highest BCUT2D eigenvalue weighted by Crippen LogP contribution is 2.29. The summed E-state index contributed by atoms with van der Waals surface area (Å²) < 4.78 is 5.28. The molecule has 2 atom stereocenters. The second-order valence-corrected chi connectivity index (χ2v) is 5.50. The van der Waals surface area contributed by atoms with Crippen LogP contribution in [0.15, 0.2) is 36.4 Å². The van der Waals surface area contributed by atoms with E-state index in [2.05, 4.69) is 56.5 Å². The van der Waals surface area contributed by atoms with Crippen LogP contribution in [-0.4, -0.2) is 14.2 Å². The molecule has 0 bridgehead atoms. The van der Waals surface area contributed by atoms with Crippen LogP contribution in [0, 0.1) is 5.92 Å². The Balaban J connectivity index is 2.34. The highest BCUT2D eigenvalue weighted by molar-refractivity contribution is 5.84. The first-order valence-electron chi connectivity index (χ1n) is 7.44. The summed E-state index contributed by atoms with van der Waals surface area (Å²) in [6, 6.07) is 13.4. The first kappa shape index (κ1) is 14.9. The van der Waals surface area contributed by atoms with Gasteiger partial charge in [-0.15, -0.1) is 0 Å². The maximum Gasteiger partial charge on any atom is 0.119 e. The largest absolute Gasteiger partial charge is 0.497 e. The van der Waals surface area contributed by atoms with Crippen molar-refractivity contribution in [1.29, 1.82) is 0 Å². The van der Waals surface area contributed by atoms with Crippen LogP contribution in [0.5, 0.6) is 5.75 Å². The Labute approximate surface area is 122 Å². The van der Waals surface area contributed by atoms with Gasteiger partial charge >= 0.3 is 0 Å². The molecule has 2 nitrogen and oxygen atoms in total. The van der Waals surface area contributed by atoms with Gasteiger partial charge in [0, 0.05) is 6.04 Å². The Morgan fingerprint density at radius 1 is 1.10 bits per heavy atom. The van der Waals surface area contributed by atoms with E-state index in [1.54, 1.807) is 7.11 Å². The molecule has 2 unspecified atom stereocenters. The van der Waals surface area contributed by atoms with Crippen LogP contribution >= 0.6 is 0 Å². The predicted molar refractivity (Wildman–Crippen MR) is 86.4 cm³/mol. The highest BCUT2D eigenvalue weighted by Gasteiger charge is 2.16. The quantitative estimate of drug-likeness (QED) is 0.832. The Morgan fingerprint density at radius 3 is 2.45 bits per heavy atom. The van der Waals surface area contributed by atoms with E-state index in [0.29, 0.717) is 12.0 Å². The number of benzene rings is 2. The first-order chi connectivity index (χ1) is 9.69. The number of methoxy groups -OCH3 is 1. The third-order valence-electron chi connectivity index (χ3n) is 4.05. The zero-order chi connectivity index (χ0) is 14.5. The minimum Gasteiger partial charge on any atom is -0.497 e. The molecule has 0 aliphatic carbocycles. The zero-order valence-corrected chi connectivity index (χ0v) is 12.9. The molecule has 0 aliphatic rings. The maximum atomic E-state index is 5.28. The molecule has 1 N–H and O–H groups in total. The first-order valence-corrected chi connectivity index (χ1v) is 7.44. The van der Waals surface area contributed by atoms with Crippen LogP contribution in [0.4, 0.5) is 0 Å². The third kappa shape index (κ3) is 3.13. The van der Waals surface area contributed by atoms with Gasteiger partial charge in [-0.05, 0) is 53.9 Å². The number of hydrogen-bond acceptors (Lipinski definition) is 2. The fourth-order valence-electron chi connectivity index (χ4n) is 2.96. The van der Waals surface area contributed by atoms with Crippen molar-refractivity contribution in [2.45, 2.75) is 32.7 Å². The van der Waals surface area contributed by atoms with Gasteiger partial charge in [-0.1, -0.05) is 38.5 Å². The molecule has 2 aromatic rings. The molecule has 20 heavy (non-hydrogen) atoms. The van der Waals surface area contributed by atoms with E-state index >= 15 is 0 Å². The Bertz CT molecular complexity index is 564. The summed E-state index contributed by atoms with van der Waals surface area (Å²) in [5.41, 5.74) is 1.37. The molecule has 2 heteroatoms. The van der Waals surface area contributed by atoms with E-state index in [1.165, 1.54) is 29.2 Å². The smallest absolute Gasteiger partial charge is 0.119 e. The van der Waals surface area contributed by atoms with Crippen LogP contribution in [0.2, 0.25) is 0 Å². The van der Waals surface area contributed by atoms with Gasteiger partial charge in [0.1, 0.15) is 5.75 Å². The summed E-state index contributed by atoms with van der Waals surface area (Å²) >= 11 is 0. The van der Waals surface area contributed by atoms with Gasteiger partial charge in [-0.3, -0.25) is 0 Å². The molecule has 0 amide bonds. The number of fused-ring (bicyclic) bond motifs is 1. The Hall–Kier alpha value is -1.54. The van der Waals surface area contributed by atoms with Crippen LogP contribution < -0.4 is 10.1 Å². The lowest BCUT2D eigenvalue weighted by molar-refractivity contribution is 0.384. The van der Waals surface area contributed by atoms with E-state index < -0.39 is 0 Å². The van der Waals surface area contributed by atoms with Crippen molar-refractivity contribution < 1.29 is 4.74 Å². The molecule has 0 saturated heterocycles. The molecular formula is C18H25NO. The highest BCUT2D eigenvalue weighted by atomic mass is 16.5. The van der Waals surface area contributed by atoms with Crippen molar-refractivity contribution >= 4 is 10.8 Å². The van der Waals surface area contributed by atoms with E-state index in [9.17, 15) is 0 Å². The van der Waals surface area contributed by atoms with Gasteiger partial charge < -0.3 is 10.1 Å². The molecule has 0 aliphatic heterocycles. The number of nitrogens with one attached hydrogen (secondary N) is 1. The molecule has 2 aromatic carbocycles. The molecule has 108 valence electrons. The van der Waals surface area contributed by atoms with Gasteiger partial charge in [0.2, 0.25) is 0 Å². The lowest BCUT2D eigenvalue weighted by Gasteiger charge is -2.24. The molecule has 0 spiro atoms. The van der Waals surface area contributed by atoms with E-state index in [0.717, 1.165) is 5.75 Å². The van der Waals surface area contributed by atoms with Crippen LogP contribution in [0.3, 0.4) is 0 Å². The molecule has 2 rings (SSSR count). The summed E-state index contributed by atoms with van der Waals surface area (Å²) in [5.74, 6) is 1.55. The van der Waals surface area contributed by atoms with E-state index in [1.807, 2.05) is 6.07 Å². The predicted octanol–water partition coefficient (Wildman–Crippen LogP) is 4.55. The molecule has 0 heterocycles. The lowest BCUT2D eigenvalue weighted by Crippen LogP contribution is -2.23. The molecule has 0 fully saturated rings. The fraction of sp³-hybridized carbons (Fsp3) is 0.444. The van der Waals surface area contributed by atoms with Gasteiger partial charge in [0.25, 0.3) is 0 Å². The molecular weight excluding hydrogens is 246 g/mol. The topological polar surface area (TPSA) is 21.3 Å². The van der Waals surface area contributed by atoms with Gasteiger partial charge in [-0.25, -0.2) is 0 Å². The number of ether oxygens (including phenoxy) is 1. The Morgan fingerprint density at radius 2 is 1.80 bits per heavy atom. The second kappa shape index (κ2) is 6.76. The van der Waals surface area contributed by atoms with Crippen LogP contribution in [0.1, 0.15) is 38.3 Å². The fourth-order valence-corrected chi connectivity index (χ4v) is 2.96. The normalized spacial score (nSPS) is 14.2. The third-order valence-corrected chi connectivity index (χ3v) is 4.05. The van der Waals surface area contributed by atoms with Crippen LogP contribution in [-0.2, 0) is 0 Å². The number of hydrogen-bond donors (Lipinski definition) is 1. The summed E-state index contributed by atoms with van der Waals surface area (Å²) in [4.78, 5) is 0.